The summed E-state index contributed by atoms with van der Waals surface area (Å²) >= 11 is 0. The standard InChI is InChI=1S/C16H21F3N2O2/c1-21(13-7-4-8-13)15(22)20-14(10-23-2)11-5-3-6-12(9-11)16(17,18)19/h3,5-6,9,13-14H,4,7-8,10H2,1-2H3,(H,20,22)/t14-/m1/s1. The number of methoxy groups -OCH3 is 1. The van der Waals surface area contributed by atoms with Crippen LogP contribution in [0.4, 0.5) is 18.0 Å². The number of hydrogen-bond donors (Lipinski definition) is 1. The highest BCUT2D eigenvalue weighted by Crippen LogP contribution is 2.31. The van der Waals surface area contributed by atoms with E-state index in [0.29, 0.717) is 5.56 Å². The summed E-state index contributed by atoms with van der Waals surface area (Å²) < 4.78 is 43.6. The Morgan fingerprint density at radius 1 is 1.43 bits per heavy atom. The molecular weight excluding hydrogens is 309 g/mol. The van der Waals surface area contributed by atoms with Gasteiger partial charge in [0.15, 0.2) is 0 Å². The Bertz CT molecular complexity index is 544. The van der Waals surface area contributed by atoms with Crippen molar-refractivity contribution in [2.75, 3.05) is 20.8 Å². The Labute approximate surface area is 133 Å². The second kappa shape index (κ2) is 7.21. The maximum atomic E-state index is 12.8. The minimum Gasteiger partial charge on any atom is -0.382 e. The maximum absolute atomic E-state index is 12.8. The average Bonchev–Trinajstić information content (AvgIpc) is 2.44. The zero-order valence-electron chi connectivity index (χ0n) is 13.2. The van der Waals surface area contributed by atoms with Crippen molar-refractivity contribution in [3.63, 3.8) is 0 Å². The van der Waals surface area contributed by atoms with Gasteiger partial charge in [0.25, 0.3) is 0 Å². The van der Waals surface area contributed by atoms with Crippen LogP contribution < -0.4 is 5.32 Å². The summed E-state index contributed by atoms with van der Waals surface area (Å²) in [5.41, 5.74) is -0.366. The fraction of sp³-hybridized carbons (Fsp3) is 0.562. The Morgan fingerprint density at radius 2 is 2.13 bits per heavy atom. The van der Waals surface area contributed by atoms with Gasteiger partial charge in [-0.05, 0) is 37.0 Å². The van der Waals surface area contributed by atoms with E-state index in [0.717, 1.165) is 31.4 Å². The van der Waals surface area contributed by atoms with Crippen LogP contribution in [-0.4, -0.2) is 37.7 Å². The zero-order chi connectivity index (χ0) is 17.0. The molecule has 0 unspecified atom stereocenters. The third kappa shape index (κ3) is 4.37. The van der Waals surface area contributed by atoms with Crippen molar-refractivity contribution < 1.29 is 22.7 Å². The van der Waals surface area contributed by atoms with Crippen molar-refractivity contribution in [2.45, 2.75) is 37.5 Å². The normalized spacial score (nSPS) is 16.6. The molecule has 0 aliphatic heterocycles. The molecule has 4 nitrogen and oxygen atoms in total. The van der Waals surface area contributed by atoms with E-state index < -0.39 is 17.8 Å². The molecule has 1 aromatic rings. The molecule has 1 aliphatic carbocycles. The molecular formula is C16H21F3N2O2. The predicted molar refractivity (Wildman–Crippen MR) is 80.0 cm³/mol. The van der Waals surface area contributed by atoms with Crippen LogP contribution in [0.5, 0.6) is 0 Å². The number of urea groups is 1. The van der Waals surface area contributed by atoms with Crippen LogP contribution >= 0.6 is 0 Å². The molecule has 1 atom stereocenters. The smallest absolute Gasteiger partial charge is 0.382 e. The first-order valence-electron chi connectivity index (χ1n) is 7.52. The number of ether oxygens (including phenoxy) is 1. The number of amides is 2. The number of carbonyl (C=O) groups is 1. The van der Waals surface area contributed by atoms with Gasteiger partial charge < -0.3 is 15.0 Å². The summed E-state index contributed by atoms with van der Waals surface area (Å²) in [6.45, 7) is 0.103. The van der Waals surface area contributed by atoms with E-state index >= 15 is 0 Å². The molecule has 128 valence electrons. The molecule has 7 heteroatoms. The number of benzene rings is 1. The van der Waals surface area contributed by atoms with Crippen molar-refractivity contribution in [1.82, 2.24) is 10.2 Å². The van der Waals surface area contributed by atoms with Gasteiger partial charge in [-0.25, -0.2) is 4.79 Å². The third-order valence-electron chi connectivity index (χ3n) is 4.19. The molecule has 0 bridgehead atoms. The van der Waals surface area contributed by atoms with Crippen LogP contribution in [0.1, 0.15) is 36.4 Å². The van der Waals surface area contributed by atoms with Crippen molar-refractivity contribution >= 4 is 6.03 Å². The minimum absolute atomic E-state index is 0.103. The van der Waals surface area contributed by atoms with E-state index in [-0.39, 0.29) is 18.7 Å². The molecule has 1 aliphatic rings. The van der Waals surface area contributed by atoms with Gasteiger partial charge >= 0.3 is 12.2 Å². The molecule has 2 amide bonds. The quantitative estimate of drug-likeness (QED) is 0.896. The third-order valence-corrected chi connectivity index (χ3v) is 4.19. The van der Waals surface area contributed by atoms with Gasteiger partial charge in [-0.3, -0.25) is 0 Å². The highest BCUT2D eigenvalue weighted by atomic mass is 19.4. The van der Waals surface area contributed by atoms with Crippen LogP contribution in [0.25, 0.3) is 0 Å². The number of hydrogen-bond acceptors (Lipinski definition) is 2. The van der Waals surface area contributed by atoms with Gasteiger partial charge in [0, 0.05) is 20.2 Å². The second-order valence-corrected chi connectivity index (χ2v) is 5.78. The molecule has 1 fully saturated rings. The minimum atomic E-state index is -4.42. The lowest BCUT2D eigenvalue weighted by atomic mass is 9.92. The number of alkyl halides is 3. The zero-order valence-corrected chi connectivity index (χ0v) is 13.2. The van der Waals surface area contributed by atoms with E-state index in [1.165, 1.54) is 13.2 Å². The van der Waals surface area contributed by atoms with Gasteiger partial charge in [-0.2, -0.15) is 13.2 Å². The van der Waals surface area contributed by atoms with Crippen molar-refractivity contribution in [1.29, 1.82) is 0 Å². The summed E-state index contributed by atoms with van der Waals surface area (Å²) in [6, 6.07) is 4.24. The van der Waals surface area contributed by atoms with Crippen LogP contribution in [0.15, 0.2) is 24.3 Å². The lowest BCUT2D eigenvalue weighted by Gasteiger charge is -2.35. The molecule has 0 aromatic heterocycles. The van der Waals surface area contributed by atoms with Crippen LogP contribution in [0.3, 0.4) is 0 Å². The number of halogens is 3. The van der Waals surface area contributed by atoms with Crippen molar-refractivity contribution in [3.8, 4) is 0 Å². The van der Waals surface area contributed by atoms with Crippen LogP contribution in [0.2, 0.25) is 0 Å². The second-order valence-electron chi connectivity index (χ2n) is 5.78. The van der Waals surface area contributed by atoms with Gasteiger partial charge in [0.05, 0.1) is 18.2 Å². The van der Waals surface area contributed by atoms with Crippen molar-refractivity contribution in [2.24, 2.45) is 0 Å². The molecule has 1 saturated carbocycles. The van der Waals surface area contributed by atoms with E-state index in [2.05, 4.69) is 5.32 Å². The Morgan fingerprint density at radius 3 is 2.65 bits per heavy atom. The molecule has 23 heavy (non-hydrogen) atoms. The molecule has 1 aromatic carbocycles. The molecule has 0 saturated heterocycles. The summed E-state index contributed by atoms with van der Waals surface area (Å²) in [5, 5.41) is 2.76. The molecule has 0 radical (unpaired) electrons. The Balaban J connectivity index is 2.12. The summed E-state index contributed by atoms with van der Waals surface area (Å²) in [6.07, 6.45) is -1.40. The summed E-state index contributed by atoms with van der Waals surface area (Å²) in [5.74, 6) is 0. The highest BCUT2D eigenvalue weighted by molar-refractivity contribution is 5.75. The van der Waals surface area contributed by atoms with Crippen molar-refractivity contribution in [3.05, 3.63) is 35.4 Å². The maximum Gasteiger partial charge on any atom is 0.416 e. The van der Waals surface area contributed by atoms with Gasteiger partial charge in [0.2, 0.25) is 0 Å². The van der Waals surface area contributed by atoms with E-state index in [4.69, 9.17) is 4.74 Å². The summed E-state index contributed by atoms with van der Waals surface area (Å²) in [4.78, 5) is 13.9. The average molecular weight is 330 g/mol. The van der Waals surface area contributed by atoms with Crippen LogP contribution in [-0.2, 0) is 10.9 Å². The first-order chi connectivity index (χ1) is 10.8. The highest BCUT2D eigenvalue weighted by Gasteiger charge is 2.32. The fourth-order valence-electron chi connectivity index (χ4n) is 2.51. The van der Waals surface area contributed by atoms with Crippen LogP contribution in [0, 0.1) is 0 Å². The largest absolute Gasteiger partial charge is 0.416 e. The van der Waals surface area contributed by atoms with Gasteiger partial charge in [-0.1, -0.05) is 12.1 Å². The lowest BCUT2D eigenvalue weighted by molar-refractivity contribution is -0.137. The number of nitrogens with zero attached hydrogens (tertiary/aromatic N) is 1. The monoisotopic (exact) mass is 330 g/mol. The first-order valence-corrected chi connectivity index (χ1v) is 7.52. The molecule has 1 N–H and O–H groups in total. The topological polar surface area (TPSA) is 41.6 Å². The molecule has 2 rings (SSSR count). The lowest BCUT2D eigenvalue weighted by Crippen LogP contribution is -2.48. The van der Waals surface area contributed by atoms with E-state index in [1.807, 2.05) is 0 Å². The van der Waals surface area contributed by atoms with E-state index in [9.17, 15) is 18.0 Å². The summed E-state index contributed by atoms with van der Waals surface area (Å²) in [7, 11) is 3.15. The predicted octanol–water partition coefficient (Wildman–Crippen LogP) is 3.59. The number of nitrogens with one attached hydrogen (secondary N) is 1. The first kappa shape index (κ1) is 17.6. The number of rotatable bonds is 5. The molecule has 0 heterocycles. The number of carbonyl (C=O) groups excluding carboxylic acids is 1. The van der Waals surface area contributed by atoms with Gasteiger partial charge in [0.1, 0.15) is 0 Å². The Kier molecular flexibility index (Phi) is 5.51. The SMILES string of the molecule is COC[C@@H](NC(=O)N(C)C1CCC1)c1cccc(C(F)(F)F)c1. The molecule has 0 spiro atoms. The fourth-order valence-corrected chi connectivity index (χ4v) is 2.51. The Hall–Kier alpha value is -1.76. The van der Waals surface area contributed by atoms with E-state index in [1.54, 1.807) is 18.0 Å². The van der Waals surface area contributed by atoms with Gasteiger partial charge in [-0.15, -0.1) is 0 Å².